The summed E-state index contributed by atoms with van der Waals surface area (Å²) in [5.41, 5.74) is 7.33. The van der Waals surface area contributed by atoms with Crippen LogP contribution in [0.15, 0.2) is 64.7 Å². The van der Waals surface area contributed by atoms with E-state index in [1.807, 2.05) is 6.92 Å². The van der Waals surface area contributed by atoms with E-state index in [2.05, 4.69) is 11.0 Å². The van der Waals surface area contributed by atoms with Crippen LogP contribution in [-0.4, -0.2) is 15.9 Å². The first-order chi connectivity index (χ1) is 12.0. The average Bonchev–Trinajstić information content (AvgIpc) is 3.26. The number of halogens is 1. The van der Waals surface area contributed by atoms with Gasteiger partial charge in [0.1, 0.15) is 11.6 Å². The molecular weight excluding hydrogens is 325 g/mol. The predicted octanol–water partition coefficient (Wildman–Crippen LogP) is 3.17. The van der Waals surface area contributed by atoms with Crippen LogP contribution in [0, 0.1) is 5.82 Å². The largest absolute Gasteiger partial charge is 0.493 e. The lowest BCUT2D eigenvalue weighted by Crippen LogP contribution is -2.36. The maximum absolute atomic E-state index is 12.9. The van der Waals surface area contributed by atoms with E-state index in [0.29, 0.717) is 12.2 Å². The molecule has 0 aliphatic carbocycles. The van der Waals surface area contributed by atoms with Crippen LogP contribution in [0.3, 0.4) is 0 Å². The smallest absolute Gasteiger partial charge is 0.226 e. The Morgan fingerprint density at radius 3 is 2.72 bits per heavy atom. The Kier molecular flexibility index (Phi) is 4.85. The summed E-state index contributed by atoms with van der Waals surface area (Å²) in [5, 5.41) is 11.3. The van der Waals surface area contributed by atoms with Crippen LogP contribution < -0.4 is 11.0 Å². The van der Waals surface area contributed by atoms with Crippen molar-refractivity contribution < 1.29 is 18.7 Å². The quantitative estimate of drug-likeness (QED) is 0.425. The van der Waals surface area contributed by atoms with Crippen molar-refractivity contribution in [2.45, 2.75) is 19.8 Å². The highest BCUT2D eigenvalue weighted by Crippen LogP contribution is 2.16. The van der Waals surface area contributed by atoms with E-state index < -0.39 is 5.78 Å². The number of nitrogens with one attached hydrogen (secondary N) is 2. The van der Waals surface area contributed by atoms with Gasteiger partial charge in [-0.15, -0.1) is 5.53 Å². The molecule has 0 spiro atoms. The van der Waals surface area contributed by atoms with E-state index >= 15 is 0 Å². The SMILES string of the molecule is CCC1=CN(C(O)=CC(=O)c2ccc(Cc3ccc(F)cc3)o2)NN1. The first-order valence-corrected chi connectivity index (χ1v) is 7.85. The Labute approximate surface area is 144 Å². The van der Waals surface area contributed by atoms with E-state index in [0.717, 1.165) is 23.8 Å². The van der Waals surface area contributed by atoms with Crippen LogP contribution in [0.25, 0.3) is 0 Å². The van der Waals surface area contributed by atoms with Crippen molar-refractivity contribution in [1.82, 2.24) is 16.0 Å². The van der Waals surface area contributed by atoms with Gasteiger partial charge in [-0.25, -0.2) is 9.40 Å². The summed E-state index contributed by atoms with van der Waals surface area (Å²) in [6.45, 7) is 1.96. The Balaban J connectivity index is 1.67. The summed E-state index contributed by atoms with van der Waals surface area (Å²) in [5.74, 6) is -0.308. The molecule has 1 aliphatic rings. The third-order valence-corrected chi connectivity index (χ3v) is 3.71. The highest BCUT2D eigenvalue weighted by molar-refractivity contribution is 6.02. The second-order valence-electron chi connectivity index (χ2n) is 5.55. The van der Waals surface area contributed by atoms with E-state index in [1.165, 1.54) is 17.1 Å². The minimum atomic E-state index is -0.456. The summed E-state index contributed by atoms with van der Waals surface area (Å²) >= 11 is 0. The van der Waals surface area contributed by atoms with Gasteiger partial charge in [0.2, 0.25) is 11.7 Å². The molecule has 3 N–H and O–H groups in total. The minimum Gasteiger partial charge on any atom is -0.493 e. The van der Waals surface area contributed by atoms with Gasteiger partial charge in [-0.05, 0) is 36.2 Å². The molecule has 0 saturated carbocycles. The maximum atomic E-state index is 12.9. The third-order valence-electron chi connectivity index (χ3n) is 3.71. The number of carbonyl (C=O) groups excluding carboxylic acids is 1. The Bertz CT molecular complexity index is 824. The number of furan rings is 1. The molecule has 130 valence electrons. The summed E-state index contributed by atoms with van der Waals surface area (Å²) in [6.07, 6.45) is 3.94. The fraction of sp³-hybridized carbons (Fsp3) is 0.167. The Morgan fingerprint density at radius 2 is 2.04 bits per heavy atom. The Morgan fingerprint density at radius 1 is 1.28 bits per heavy atom. The molecule has 0 saturated heterocycles. The number of rotatable bonds is 6. The number of ketones is 1. The molecule has 6 nitrogen and oxygen atoms in total. The molecular formula is C18H18FN3O3. The zero-order valence-electron chi connectivity index (χ0n) is 13.6. The van der Waals surface area contributed by atoms with Crippen molar-refractivity contribution in [3.8, 4) is 0 Å². The first kappa shape index (κ1) is 16.8. The highest BCUT2D eigenvalue weighted by atomic mass is 19.1. The zero-order valence-corrected chi connectivity index (χ0v) is 13.6. The monoisotopic (exact) mass is 343 g/mol. The Hall–Kier alpha value is -3.06. The van der Waals surface area contributed by atoms with E-state index in [9.17, 15) is 14.3 Å². The summed E-state index contributed by atoms with van der Waals surface area (Å²) in [4.78, 5) is 12.2. The minimum absolute atomic E-state index is 0.121. The van der Waals surface area contributed by atoms with Crippen LogP contribution in [0.4, 0.5) is 4.39 Å². The van der Waals surface area contributed by atoms with Crippen molar-refractivity contribution >= 4 is 5.78 Å². The molecule has 1 aliphatic heterocycles. The van der Waals surface area contributed by atoms with Gasteiger partial charge >= 0.3 is 0 Å². The fourth-order valence-corrected chi connectivity index (χ4v) is 2.32. The van der Waals surface area contributed by atoms with Crippen molar-refractivity contribution in [3.05, 3.63) is 83.2 Å². The normalized spacial score (nSPS) is 14.4. The summed E-state index contributed by atoms with van der Waals surface area (Å²) in [6, 6.07) is 9.31. The van der Waals surface area contributed by atoms with Crippen molar-refractivity contribution in [1.29, 1.82) is 0 Å². The van der Waals surface area contributed by atoms with Gasteiger partial charge in [0.05, 0.1) is 6.08 Å². The first-order valence-electron chi connectivity index (χ1n) is 7.85. The van der Waals surface area contributed by atoms with Gasteiger partial charge in [-0.1, -0.05) is 19.1 Å². The lowest BCUT2D eigenvalue weighted by Gasteiger charge is -2.12. The van der Waals surface area contributed by atoms with E-state index in [-0.39, 0.29) is 17.5 Å². The predicted molar refractivity (Wildman–Crippen MR) is 89.4 cm³/mol. The second-order valence-corrected chi connectivity index (χ2v) is 5.55. The number of allylic oxidation sites excluding steroid dienone is 2. The number of hydrogen-bond acceptors (Lipinski definition) is 6. The van der Waals surface area contributed by atoms with Crippen LogP contribution in [0.1, 0.15) is 35.2 Å². The molecule has 0 amide bonds. The van der Waals surface area contributed by atoms with Gasteiger partial charge in [0.25, 0.3) is 0 Å². The van der Waals surface area contributed by atoms with Gasteiger partial charge in [0, 0.05) is 18.3 Å². The summed E-state index contributed by atoms with van der Waals surface area (Å²) < 4.78 is 18.4. The zero-order chi connectivity index (χ0) is 17.8. The van der Waals surface area contributed by atoms with E-state index in [1.54, 1.807) is 30.5 Å². The number of aliphatic hydroxyl groups is 1. The standard InChI is InChI=1S/C18H18FN3O3/c1-2-14-11-22(21-20-14)18(24)10-16(23)17-8-7-15(25-17)9-12-3-5-13(19)6-4-12/h3-8,10-11,20-21,24H,2,9H2,1H3. The van der Waals surface area contributed by atoms with Crippen LogP contribution in [0.2, 0.25) is 0 Å². The molecule has 0 unspecified atom stereocenters. The molecule has 0 atom stereocenters. The van der Waals surface area contributed by atoms with Crippen LogP contribution >= 0.6 is 0 Å². The molecule has 1 aromatic heterocycles. The number of benzene rings is 1. The lowest BCUT2D eigenvalue weighted by molar-refractivity contribution is 0.100. The topological polar surface area (TPSA) is 77.7 Å². The number of hydrazine groups is 2. The maximum Gasteiger partial charge on any atom is 0.226 e. The fourth-order valence-electron chi connectivity index (χ4n) is 2.32. The lowest BCUT2D eigenvalue weighted by atomic mass is 10.1. The van der Waals surface area contributed by atoms with Gasteiger partial charge in [-0.3, -0.25) is 4.79 Å². The molecule has 25 heavy (non-hydrogen) atoms. The van der Waals surface area contributed by atoms with Crippen LogP contribution in [-0.2, 0) is 6.42 Å². The van der Waals surface area contributed by atoms with Crippen molar-refractivity contribution in [2.24, 2.45) is 0 Å². The van der Waals surface area contributed by atoms with Crippen LogP contribution in [0.5, 0.6) is 0 Å². The van der Waals surface area contributed by atoms with Crippen molar-refractivity contribution in [2.75, 3.05) is 0 Å². The molecule has 3 rings (SSSR count). The molecule has 1 aromatic carbocycles. The van der Waals surface area contributed by atoms with Crippen molar-refractivity contribution in [3.63, 3.8) is 0 Å². The highest BCUT2D eigenvalue weighted by Gasteiger charge is 2.16. The third kappa shape index (κ3) is 4.07. The number of nitrogens with zero attached hydrogens (tertiary/aromatic N) is 1. The van der Waals surface area contributed by atoms with Gasteiger partial charge < -0.3 is 14.9 Å². The number of aliphatic hydroxyl groups excluding tert-OH is 1. The van der Waals surface area contributed by atoms with Gasteiger partial charge in [-0.2, -0.15) is 0 Å². The molecule has 0 fully saturated rings. The summed E-state index contributed by atoms with van der Waals surface area (Å²) in [7, 11) is 0. The molecule has 2 heterocycles. The number of carbonyl (C=O) groups is 1. The van der Waals surface area contributed by atoms with Gasteiger partial charge in [0.15, 0.2) is 5.76 Å². The second kappa shape index (κ2) is 7.23. The molecule has 2 aromatic rings. The molecule has 0 bridgehead atoms. The molecule has 7 heteroatoms. The molecule has 0 radical (unpaired) electrons. The van der Waals surface area contributed by atoms with E-state index in [4.69, 9.17) is 4.42 Å². The number of hydrogen-bond donors (Lipinski definition) is 3. The average molecular weight is 343 g/mol.